The molecule has 0 N–H and O–H groups in total. The molecule has 0 fully saturated rings. The SMILES string of the molecule is O=[N+]([O-])c1cnc2ccc(N3CCc4c(F)cc(F)cc4C3)nn12. The van der Waals surface area contributed by atoms with Gasteiger partial charge in [-0.25, -0.2) is 13.8 Å². The summed E-state index contributed by atoms with van der Waals surface area (Å²) in [5.74, 6) is -0.916. The topological polar surface area (TPSA) is 76.6 Å². The molecule has 1 aliphatic heterocycles. The maximum absolute atomic E-state index is 13.8. The van der Waals surface area contributed by atoms with Gasteiger partial charge in [-0.2, -0.15) is 0 Å². The van der Waals surface area contributed by atoms with Crippen molar-refractivity contribution in [3.8, 4) is 0 Å². The van der Waals surface area contributed by atoms with Crippen LogP contribution in [0, 0.1) is 21.7 Å². The molecular weight excluding hydrogens is 320 g/mol. The van der Waals surface area contributed by atoms with E-state index in [1.54, 1.807) is 12.1 Å². The zero-order valence-electron chi connectivity index (χ0n) is 12.3. The first-order valence-corrected chi connectivity index (χ1v) is 7.24. The number of hydrogen-bond acceptors (Lipinski definition) is 5. The predicted molar refractivity (Wildman–Crippen MR) is 80.8 cm³/mol. The second kappa shape index (κ2) is 5.22. The van der Waals surface area contributed by atoms with Crippen LogP contribution in [0.5, 0.6) is 0 Å². The number of halogens is 2. The summed E-state index contributed by atoms with van der Waals surface area (Å²) in [7, 11) is 0. The molecule has 0 atom stereocenters. The molecule has 0 radical (unpaired) electrons. The number of fused-ring (bicyclic) bond motifs is 2. The van der Waals surface area contributed by atoms with Gasteiger partial charge in [0.1, 0.15) is 17.8 Å². The lowest BCUT2D eigenvalue weighted by atomic mass is 9.99. The molecule has 1 aliphatic rings. The van der Waals surface area contributed by atoms with Crippen molar-refractivity contribution in [2.24, 2.45) is 0 Å². The summed E-state index contributed by atoms with van der Waals surface area (Å²) >= 11 is 0. The molecule has 0 amide bonds. The monoisotopic (exact) mass is 331 g/mol. The summed E-state index contributed by atoms with van der Waals surface area (Å²) in [6.45, 7) is 0.765. The molecule has 0 spiro atoms. The Morgan fingerprint density at radius 2 is 2.08 bits per heavy atom. The Balaban J connectivity index is 1.73. The molecule has 2 aromatic heterocycles. The van der Waals surface area contributed by atoms with Gasteiger partial charge in [0, 0.05) is 25.2 Å². The fourth-order valence-corrected chi connectivity index (χ4v) is 2.95. The van der Waals surface area contributed by atoms with E-state index in [0.717, 1.165) is 16.8 Å². The minimum Gasteiger partial charge on any atom is -0.358 e. The molecule has 0 saturated carbocycles. The molecule has 0 aliphatic carbocycles. The predicted octanol–water partition coefficient (Wildman–Crippen LogP) is 2.48. The smallest absolute Gasteiger partial charge is 0.358 e. The molecule has 122 valence electrons. The second-order valence-corrected chi connectivity index (χ2v) is 5.53. The van der Waals surface area contributed by atoms with Crippen molar-refractivity contribution >= 4 is 17.3 Å². The van der Waals surface area contributed by atoms with Gasteiger partial charge in [0.2, 0.25) is 5.65 Å². The van der Waals surface area contributed by atoms with Gasteiger partial charge in [0.25, 0.3) is 0 Å². The van der Waals surface area contributed by atoms with Crippen molar-refractivity contribution in [3.63, 3.8) is 0 Å². The van der Waals surface area contributed by atoms with Gasteiger partial charge < -0.3 is 15.0 Å². The lowest BCUT2D eigenvalue weighted by molar-refractivity contribution is -0.391. The van der Waals surface area contributed by atoms with Crippen LogP contribution in [0.3, 0.4) is 0 Å². The van der Waals surface area contributed by atoms with E-state index in [9.17, 15) is 18.9 Å². The number of nitro groups is 1. The minimum absolute atomic E-state index is 0.235. The van der Waals surface area contributed by atoms with Crippen molar-refractivity contribution in [2.45, 2.75) is 13.0 Å². The van der Waals surface area contributed by atoms with Gasteiger partial charge in [-0.1, -0.05) is 9.61 Å². The van der Waals surface area contributed by atoms with E-state index in [1.165, 1.54) is 6.07 Å². The van der Waals surface area contributed by atoms with Crippen LogP contribution in [0.1, 0.15) is 11.1 Å². The van der Waals surface area contributed by atoms with E-state index in [4.69, 9.17) is 0 Å². The van der Waals surface area contributed by atoms with E-state index in [1.807, 2.05) is 4.90 Å². The highest BCUT2D eigenvalue weighted by molar-refractivity contribution is 5.51. The molecular formula is C15H11F2N5O2. The highest BCUT2D eigenvalue weighted by atomic mass is 19.1. The van der Waals surface area contributed by atoms with Gasteiger partial charge in [0.15, 0.2) is 5.82 Å². The third kappa shape index (κ3) is 2.25. The molecule has 7 nitrogen and oxygen atoms in total. The van der Waals surface area contributed by atoms with E-state index >= 15 is 0 Å². The van der Waals surface area contributed by atoms with Gasteiger partial charge >= 0.3 is 5.82 Å². The number of imidazole rings is 1. The third-order valence-electron chi connectivity index (χ3n) is 4.09. The summed E-state index contributed by atoms with van der Waals surface area (Å²) in [5, 5.41) is 15.3. The zero-order chi connectivity index (χ0) is 16.8. The van der Waals surface area contributed by atoms with Crippen molar-refractivity contribution < 1.29 is 13.7 Å². The minimum atomic E-state index is -0.623. The zero-order valence-corrected chi connectivity index (χ0v) is 12.3. The van der Waals surface area contributed by atoms with Crippen molar-refractivity contribution in [3.05, 3.63) is 63.3 Å². The Bertz CT molecular complexity index is 972. The molecule has 24 heavy (non-hydrogen) atoms. The number of hydrogen-bond donors (Lipinski definition) is 0. The fourth-order valence-electron chi connectivity index (χ4n) is 2.95. The van der Waals surface area contributed by atoms with Gasteiger partial charge in [0.05, 0.1) is 0 Å². The summed E-state index contributed by atoms with van der Waals surface area (Å²) in [4.78, 5) is 16.2. The summed E-state index contributed by atoms with van der Waals surface area (Å²) in [6.07, 6.45) is 1.55. The molecule has 3 heterocycles. The molecule has 9 heteroatoms. The average Bonchev–Trinajstić information content (AvgIpc) is 2.97. The van der Waals surface area contributed by atoms with Crippen molar-refractivity contribution in [2.75, 3.05) is 11.4 Å². The standard InChI is InChI=1S/C15H11F2N5O2/c16-10-5-9-8-20(4-3-11(9)12(17)6-10)14-2-1-13-18-7-15(22(23)24)21(13)19-14/h1-2,5-7H,3-4,8H2. The first-order chi connectivity index (χ1) is 11.5. The lowest BCUT2D eigenvalue weighted by Crippen LogP contribution is -2.32. The number of anilines is 1. The Morgan fingerprint density at radius 3 is 2.88 bits per heavy atom. The van der Waals surface area contributed by atoms with Crippen molar-refractivity contribution in [1.82, 2.24) is 14.6 Å². The molecule has 1 aromatic carbocycles. The van der Waals surface area contributed by atoms with E-state index in [2.05, 4.69) is 10.1 Å². The average molecular weight is 331 g/mol. The number of benzene rings is 1. The normalized spacial score (nSPS) is 14.0. The molecule has 0 bridgehead atoms. The van der Waals surface area contributed by atoms with Crippen molar-refractivity contribution in [1.29, 1.82) is 0 Å². The Kier molecular flexibility index (Phi) is 3.15. The van der Waals surface area contributed by atoms with Crippen LogP contribution >= 0.6 is 0 Å². The Labute approximate surface area is 134 Å². The Hall–Kier alpha value is -3.10. The maximum Gasteiger partial charge on any atom is 0.368 e. The third-order valence-corrected chi connectivity index (χ3v) is 4.09. The quantitative estimate of drug-likeness (QED) is 0.532. The molecule has 0 saturated heterocycles. The van der Waals surface area contributed by atoms with Crippen LogP contribution in [0.25, 0.3) is 5.65 Å². The summed E-state index contributed by atoms with van der Waals surface area (Å²) in [5.41, 5.74) is 1.42. The maximum atomic E-state index is 13.8. The Morgan fingerprint density at radius 1 is 1.25 bits per heavy atom. The second-order valence-electron chi connectivity index (χ2n) is 5.53. The molecule has 4 rings (SSSR count). The van der Waals surface area contributed by atoms with Crippen LogP contribution in [0.2, 0.25) is 0 Å². The van der Waals surface area contributed by atoms with Gasteiger partial charge in [-0.3, -0.25) is 0 Å². The fraction of sp³-hybridized carbons (Fsp3) is 0.200. The summed E-state index contributed by atoms with van der Waals surface area (Å²) in [6, 6.07) is 5.50. The van der Waals surface area contributed by atoms with Crippen LogP contribution in [-0.2, 0) is 13.0 Å². The number of aromatic nitrogens is 3. The van der Waals surface area contributed by atoms with Crippen LogP contribution < -0.4 is 4.90 Å². The molecule has 3 aromatic rings. The number of nitrogens with zero attached hydrogens (tertiary/aromatic N) is 5. The highest BCUT2D eigenvalue weighted by Crippen LogP contribution is 2.26. The van der Waals surface area contributed by atoms with Crippen LogP contribution in [-0.4, -0.2) is 26.1 Å². The summed E-state index contributed by atoms with van der Waals surface area (Å²) < 4.78 is 28.4. The van der Waals surface area contributed by atoms with Crippen LogP contribution in [0.15, 0.2) is 30.5 Å². The first-order valence-electron chi connectivity index (χ1n) is 7.24. The van der Waals surface area contributed by atoms with Gasteiger partial charge in [-0.15, -0.1) is 0 Å². The van der Waals surface area contributed by atoms with E-state index < -0.39 is 16.6 Å². The first kappa shape index (κ1) is 14.5. The highest BCUT2D eigenvalue weighted by Gasteiger charge is 2.23. The van der Waals surface area contributed by atoms with E-state index in [0.29, 0.717) is 35.6 Å². The lowest BCUT2D eigenvalue weighted by Gasteiger charge is -2.29. The van der Waals surface area contributed by atoms with Gasteiger partial charge in [-0.05, 0) is 34.6 Å². The van der Waals surface area contributed by atoms with Crippen LogP contribution in [0.4, 0.5) is 20.4 Å². The number of rotatable bonds is 2. The largest absolute Gasteiger partial charge is 0.368 e. The van der Waals surface area contributed by atoms with E-state index in [-0.39, 0.29) is 12.4 Å². The molecule has 0 unspecified atom stereocenters.